The van der Waals surface area contributed by atoms with Crippen molar-refractivity contribution in [1.29, 1.82) is 0 Å². The van der Waals surface area contributed by atoms with Gasteiger partial charge in [-0.25, -0.2) is 4.98 Å². The van der Waals surface area contributed by atoms with E-state index in [0.717, 1.165) is 34.5 Å². The first-order valence-electron chi connectivity index (χ1n) is 5.81. The zero-order valence-electron chi connectivity index (χ0n) is 10.0. The van der Waals surface area contributed by atoms with Crippen molar-refractivity contribution in [1.82, 2.24) is 10.3 Å². The number of benzene rings is 1. The van der Waals surface area contributed by atoms with Crippen LogP contribution in [0, 0.1) is 0 Å². The summed E-state index contributed by atoms with van der Waals surface area (Å²) >= 11 is 9.42. The molecule has 0 aliphatic carbocycles. The number of halogens is 2. The number of nitrogens with one attached hydrogen (secondary N) is 1. The molecule has 1 aromatic heterocycles. The lowest BCUT2D eigenvalue weighted by Crippen LogP contribution is -2.14. The number of hydrogen-bond donors (Lipinski definition) is 1. The Kier molecular flexibility index (Phi) is 4.80. The second kappa shape index (κ2) is 6.36. The molecule has 0 amide bonds. The van der Waals surface area contributed by atoms with Crippen molar-refractivity contribution in [3.63, 3.8) is 0 Å². The number of rotatable bonds is 5. The van der Waals surface area contributed by atoms with Gasteiger partial charge in [-0.05, 0) is 47.1 Å². The molecule has 0 atom stereocenters. The quantitative estimate of drug-likeness (QED) is 0.833. The first-order chi connectivity index (χ1) is 8.72. The lowest BCUT2D eigenvalue weighted by atomic mass is 10.1. The highest BCUT2D eigenvalue weighted by Gasteiger charge is 2.13. The van der Waals surface area contributed by atoms with E-state index in [0.29, 0.717) is 11.6 Å². The van der Waals surface area contributed by atoms with Crippen LogP contribution in [0.15, 0.2) is 33.5 Å². The van der Waals surface area contributed by atoms with E-state index in [2.05, 4.69) is 33.2 Å². The molecule has 1 heterocycles. The first kappa shape index (κ1) is 13.6. The van der Waals surface area contributed by atoms with Crippen LogP contribution in [0.1, 0.15) is 19.0 Å². The molecule has 1 N–H and O–H groups in total. The van der Waals surface area contributed by atoms with Crippen molar-refractivity contribution in [2.45, 2.75) is 19.9 Å². The van der Waals surface area contributed by atoms with Crippen LogP contribution in [0.25, 0.3) is 11.3 Å². The minimum absolute atomic E-state index is 0.691. The molecule has 0 saturated carbocycles. The van der Waals surface area contributed by atoms with Gasteiger partial charge < -0.3 is 9.73 Å². The normalized spacial score (nSPS) is 10.8. The minimum Gasteiger partial charge on any atom is -0.443 e. The zero-order valence-corrected chi connectivity index (χ0v) is 12.4. The smallest absolute Gasteiger partial charge is 0.181 e. The minimum atomic E-state index is 0.691. The van der Waals surface area contributed by atoms with E-state index in [1.54, 1.807) is 0 Å². The lowest BCUT2D eigenvalue weighted by Gasteiger charge is -2.05. The molecule has 0 spiro atoms. The molecule has 0 radical (unpaired) electrons. The van der Waals surface area contributed by atoms with E-state index in [1.807, 2.05) is 18.2 Å². The van der Waals surface area contributed by atoms with E-state index in [4.69, 9.17) is 16.0 Å². The topological polar surface area (TPSA) is 38.1 Å². The predicted octanol–water partition coefficient (Wildman–Crippen LogP) is 4.26. The van der Waals surface area contributed by atoms with Gasteiger partial charge in [0.15, 0.2) is 12.2 Å². The maximum atomic E-state index is 5.93. The molecule has 0 unspecified atom stereocenters. The van der Waals surface area contributed by atoms with Crippen LogP contribution >= 0.6 is 27.5 Å². The van der Waals surface area contributed by atoms with Crippen molar-refractivity contribution in [3.05, 3.63) is 39.8 Å². The second-order valence-electron chi connectivity index (χ2n) is 3.93. The lowest BCUT2D eigenvalue weighted by molar-refractivity contribution is 0.569. The van der Waals surface area contributed by atoms with Crippen LogP contribution in [0.2, 0.25) is 5.02 Å². The molecule has 2 rings (SSSR count). The molecule has 96 valence electrons. The summed E-state index contributed by atoms with van der Waals surface area (Å²) in [6.45, 7) is 3.80. The first-order valence-corrected chi connectivity index (χ1v) is 6.98. The third kappa shape index (κ3) is 3.13. The van der Waals surface area contributed by atoms with Crippen molar-refractivity contribution in [3.8, 4) is 11.3 Å². The van der Waals surface area contributed by atoms with Gasteiger partial charge in [-0.1, -0.05) is 18.5 Å². The third-order valence-electron chi connectivity index (χ3n) is 2.54. The standard InChI is InChI=1S/C13H14BrClN2O/c1-2-5-16-7-12-13(18-8-17-12)10-4-3-9(15)6-11(10)14/h3-4,6,8,16H,2,5,7H2,1H3. The Morgan fingerprint density at radius 2 is 2.28 bits per heavy atom. The predicted molar refractivity (Wildman–Crippen MR) is 76.6 cm³/mol. The summed E-state index contributed by atoms with van der Waals surface area (Å²) in [7, 11) is 0. The van der Waals surface area contributed by atoms with Crippen LogP contribution in [0.4, 0.5) is 0 Å². The highest BCUT2D eigenvalue weighted by Crippen LogP contribution is 2.32. The van der Waals surface area contributed by atoms with Gasteiger partial charge in [-0.3, -0.25) is 0 Å². The van der Waals surface area contributed by atoms with Gasteiger partial charge >= 0.3 is 0 Å². The van der Waals surface area contributed by atoms with E-state index in [1.165, 1.54) is 6.39 Å². The zero-order chi connectivity index (χ0) is 13.0. The van der Waals surface area contributed by atoms with Gasteiger partial charge in [0.2, 0.25) is 0 Å². The summed E-state index contributed by atoms with van der Waals surface area (Å²) in [4.78, 5) is 4.24. The van der Waals surface area contributed by atoms with Crippen molar-refractivity contribution < 1.29 is 4.42 Å². The fourth-order valence-electron chi connectivity index (χ4n) is 1.67. The Hall–Kier alpha value is -0.840. The van der Waals surface area contributed by atoms with Gasteiger partial charge in [0.25, 0.3) is 0 Å². The molecule has 5 heteroatoms. The molecular formula is C13H14BrClN2O. The summed E-state index contributed by atoms with van der Waals surface area (Å²) in [5.41, 5.74) is 1.87. The molecule has 0 bridgehead atoms. The SMILES string of the molecule is CCCNCc1ncoc1-c1ccc(Cl)cc1Br. The van der Waals surface area contributed by atoms with Gasteiger partial charge in [-0.15, -0.1) is 0 Å². The van der Waals surface area contributed by atoms with E-state index in [-0.39, 0.29) is 0 Å². The summed E-state index contributed by atoms with van der Waals surface area (Å²) < 4.78 is 6.38. The molecule has 0 aliphatic heterocycles. The van der Waals surface area contributed by atoms with Gasteiger partial charge in [0.05, 0.1) is 0 Å². The Balaban J connectivity index is 2.25. The van der Waals surface area contributed by atoms with E-state index < -0.39 is 0 Å². The largest absolute Gasteiger partial charge is 0.443 e. The van der Waals surface area contributed by atoms with Crippen LogP contribution in [-0.4, -0.2) is 11.5 Å². The molecule has 18 heavy (non-hydrogen) atoms. The van der Waals surface area contributed by atoms with Crippen molar-refractivity contribution in [2.75, 3.05) is 6.54 Å². The van der Waals surface area contributed by atoms with Crippen LogP contribution in [-0.2, 0) is 6.54 Å². The monoisotopic (exact) mass is 328 g/mol. The second-order valence-corrected chi connectivity index (χ2v) is 5.22. The van der Waals surface area contributed by atoms with Crippen LogP contribution in [0.3, 0.4) is 0 Å². The maximum Gasteiger partial charge on any atom is 0.181 e. The number of nitrogens with zero attached hydrogens (tertiary/aromatic N) is 1. The van der Waals surface area contributed by atoms with E-state index >= 15 is 0 Å². The Bertz CT molecular complexity index is 527. The Labute approximate surface area is 120 Å². The summed E-state index contributed by atoms with van der Waals surface area (Å²) in [5.74, 6) is 0.780. The van der Waals surface area contributed by atoms with Gasteiger partial charge in [0.1, 0.15) is 5.69 Å². The number of hydrogen-bond acceptors (Lipinski definition) is 3. The maximum absolute atomic E-state index is 5.93. The molecule has 0 fully saturated rings. The molecule has 2 aromatic rings. The molecule has 1 aromatic carbocycles. The van der Waals surface area contributed by atoms with Crippen molar-refractivity contribution >= 4 is 27.5 Å². The fraction of sp³-hybridized carbons (Fsp3) is 0.308. The molecular weight excluding hydrogens is 316 g/mol. The summed E-state index contributed by atoms with van der Waals surface area (Å²) in [6.07, 6.45) is 2.57. The highest BCUT2D eigenvalue weighted by molar-refractivity contribution is 9.10. The Morgan fingerprint density at radius 1 is 1.44 bits per heavy atom. The van der Waals surface area contributed by atoms with Crippen LogP contribution < -0.4 is 5.32 Å². The van der Waals surface area contributed by atoms with E-state index in [9.17, 15) is 0 Å². The average Bonchev–Trinajstić information content (AvgIpc) is 2.78. The van der Waals surface area contributed by atoms with Gasteiger partial charge in [0, 0.05) is 21.6 Å². The van der Waals surface area contributed by atoms with Gasteiger partial charge in [-0.2, -0.15) is 0 Å². The fourth-order valence-corrected chi connectivity index (χ4v) is 2.53. The average molecular weight is 330 g/mol. The third-order valence-corrected chi connectivity index (χ3v) is 3.43. The highest BCUT2D eigenvalue weighted by atomic mass is 79.9. The molecule has 3 nitrogen and oxygen atoms in total. The summed E-state index contributed by atoms with van der Waals surface area (Å²) in [6, 6.07) is 5.62. The molecule has 0 saturated heterocycles. The Morgan fingerprint density at radius 3 is 3.00 bits per heavy atom. The van der Waals surface area contributed by atoms with Crippen LogP contribution in [0.5, 0.6) is 0 Å². The number of oxazole rings is 1. The number of aromatic nitrogens is 1. The molecule has 0 aliphatic rings. The van der Waals surface area contributed by atoms with Crippen molar-refractivity contribution in [2.24, 2.45) is 0 Å². The summed E-state index contributed by atoms with van der Waals surface area (Å²) in [5, 5.41) is 4.01.